The number of hydrogen-bond donors (Lipinski definition) is 1. The molecule has 1 fully saturated rings. The Kier molecular flexibility index (Phi) is 5.46. The van der Waals surface area contributed by atoms with Gasteiger partial charge in [0.15, 0.2) is 0 Å². The van der Waals surface area contributed by atoms with Gasteiger partial charge in [-0.15, -0.1) is 0 Å². The number of likely N-dealkylation sites (tertiary alicyclic amines) is 1. The highest BCUT2D eigenvalue weighted by Crippen LogP contribution is 2.22. The van der Waals surface area contributed by atoms with Crippen molar-refractivity contribution in [3.05, 3.63) is 53.5 Å². The van der Waals surface area contributed by atoms with Crippen LogP contribution in [-0.4, -0.2) is 33.5 Å². The van der Waals surface area contributed by atoms with Crippen LogP contribution in [0.4, 0.5) is 5.82 Å². The maximum Gasteiger partial charge on any atom is 0.130 e. The second kappa shape index (κ2) is 7.75. The van der Waals surface area contributed by atoms with Gasteiger partial charge < -0.3 is 5.32 Å². The Morgan fingerprint density at radius 1 is 1.21 bits per heavy atom. The molecule has 1 aliphatic rings. The van der Waals surface area contributed by atoms with Crippen LogP contribution in [0.15, 0.2) is 36.4 Å². The Balaban J connectivity index is 1.58. The summed E-state index contributed by atoms with van der Waals surface area (Å²) in [6.07, 6.45) is 3.25. The minimum atomic E-state index is 0.492. The molecular weight excluding hydrogens is 296 g/mol. The first-order valence-electron chi connectivity index (χ1n) is 9.03. The number of nitrogens with one attached hydrogen (secondary N) is 1. The molecule has 1 aromatic carbocycles. The zero-order chi connectivity index (χ0) is 16.9. The lowest BCUT2D eigenvalue weighted by Gasteiger charge is -2.38. The largest absolute Gasteiger partial charge is 0.367 e. The molecule has 2 heterocycles. The van der Waals surface area contributed by atoms with Gasteiger partial charge in [-0.1, -0.05) is 37.3 Å². The molecule has 24 heavy (non-hydrogen) atoms. The zero-order valence-corrected chi connectivity index (χ0v) is 15.0. The van der Waals surface area contributed by atoms with E-state index in [9.17, 15) is 0 Å². The van der Waals surface area contributed by atoms with Crippen LogP contribution in [0.5, 0.6) is 0 Å². The van der Waals surface area contributed by atoms with E-state index >= 15 is 0 Å². The fraction of sp³-hybridized carbons (Fsp3) is 0.500. The van der Waals surface area contributed by atoms with Crippen molar-refractivity contribution >= 4 is 5.82 Å². The molecule has 0 radical (unpaired) electrons. The lowest BCUT2D eigenvalue weighted by atomic mass is 9.97. The van der Waals surface area contributed by atoms with Crippen molar-refractivity contribution in [2.45, 2.75) is 58.7 Å². The Bertz CT molecular complexity index is 656. The van der Waals surface area contributed by atoms with E-state index in [-0.39, 0.29) is 0 Å². The Morgan fingerprint density at radius 2 is 2.00 bits per heavy atom. The number of benzene rings is 1. The van der Waals surface area contributed by atoms with E-state index in [2.05, 4.69) is 70.4 Å². The molecule has 3 rings (SSSR count). The molecule has 4 nitrogen and oxygen atoms in total. The molecule has 128 valence electrons. The molecule has 2 atom stereocenters. The van der Waals surface area contributed by atoms with Crippen molar-refractivity contribution in [3.8, 4) is 0 Å². The maximum absolute atomic E-state index is 4.55. The molecular formula is C20H28N4. The van der Waals surface area contributed by atoms with E-state index < -0.39 is 0 Å². The highest BCUT2D eigenvalue weighted by Gasteiger charge is 2.25. The van der Waals surface area contributed by atoms with Crippen molar-refractivity contribution < 1.29 is 0 Å². The normalized spacial score (nSPS) is 21.6. The first-order valence-corrected chi connectivity index (χ1v) is 9.03. The highest BCUT2D eigenvalue weighted by molar-refractivity contribution is 5.37. The van der Waals surface area contributed by atoms with E-state index in [0.717, 1.165) is 49.7 Å². The fourth-order valence-corrected chi connectivity index (χ4v) is 3.50. The quantitative estimate of drug-likeness (QED) is 0.908. The molecule has 4 heteroatoms. The lowest BCUT2D eigenvalue weighted by Crippen LogP contribution is -2.44. The van der Waals surface area contributed by atoms with E-state index in [0.29, 0.717) is 12.1 Å². The predicted molar refractivity (Wildman–Crippen MR) is 99.1 cm³/mol. The third-order valence-electron chi connectivity index (χ3n) is 4.85. The van der Waals surface area contributed by atoms with Gasteiger partial charge in [0, 0.05) is 36.9 Å². The average Bonchev–Trinajstić information content (AvgIpc) is 2.58. The molecule has 1 aromatic heterocycles. The first kappa shape index (κ1) is 16.9. The standard InChI is InChI=1S/C20H28N4/c1-4-18-13-20(22-16(3)21-18)23-19-10-11-24(15(2)12-19)14-17-8-6-5-7-9-17/h5-9,13,15,19H,4,10-12,14H2,1-3H3,(H,21,22,23). The number of hydrogen-bond acceptors (Lipinski definition) is 4. The van der Waals surface area contributed by atoms with Gasteiger partial charge in [0.1, 0.15) is 11.6 Å². The maximum atomic E-state index is 4.55. The summed E-state index contributed by atoms with van der Waals surface area (Å²) in [5, 5.41) is 3.63. The van der Waals surface area contributed by atoms with Crippen molar-refractivity contribution in [1.82, 2.24) is 14.9 Å². The van der Waals surface area contributed by atoms with Crippen LogP contribution >= 0.6 is 0 Å². The van der Waals surface area contributed by atoms with Gasteiger partial charge in [-0.25, -0.2) is 9.97 Å². The first-order chi connectivity index (χ1) is 11.6. The molecule has 0 bridgehead atoms. The summed E-state index contributed by atoms with van der Waals surface area (Å²) in [5.41, 5.74) is 2.51. The molecule has 1 saturated heterocycles. The molecule has 2 aromatic rings. The van der Waals surface area contributed by atoms with Gasteiger partial charge in [0.25, 0.3) is 0 Å². The number of nitrogens with zero attached hydrogens (tertiary/aromatic N) is 3. The highest BCUT2D eigenvalue weighted by atomic mass is 15.2. The summed E-state index contributed by atoms with van der Waals surface area (Å²) in [6.45, 7) is 8.60. The summed E-state index contributed by atoms with van der Waals surface area (Å²) < 4.78 is 0. The Morgan fingerprint density at radius 3 is 2.71 bits per heavy atom. The van der Waals surface area contributed by atoms with Crippen LogP contribution in [0.3, 0.4) is 0 Å². The number of aryl methyl sites for hydroxylation is 2. The van der Waals surface area contributed by atoms with Gasteiger partial charge in [-0.05, 0) is 38.7 Å². The Hall–Kier alpha value is -1.94. The van der Waals surface area contributed by atoms with Gasteiger partial charge >= 0.3 is 0 Å². The van der Waals surface area contributed by atoms with Gasteiger partial charge in [-0.3, -0.25) is 4.90 Å². The summed E-state index contributed by atoms with van der Waals surface area (Å²) >= 11 is 0. The summed E-state index contributed by atoms with van der Waals surface area (Å²) in [7, 11) is 0. The van der Waals surface area contributed by atoms with Crippen molar-refractivity contribution in [1.29, 1.82) is 0 Å². The number of anilines is 1. The van der Waals surface area contributed by atoms with Crippen molar-refractivity contribution in [3.63, 3.8) is 0 Å². The monoisotopic (exact) mass is 324 g/mol. The lowest BCUT2D eigenvalue weighted by molar-refractivity contribution is 0.144. The van der Waals surface area contributed by atoms with Crippen LogP contribution in [0.1, 0.15) is 43.8 Å². The van der Waals surface area contributed by atoms with E-state index in [1.54, 1.807) is 0 Å². The minimum absolute atomic E-state index is 0.492. The molecule has 1 aliphatic heterocycles. The topological polar surface area (TPSA) is 41.0 Å². The molecule has 0 saturated carbocycles. The molecule has 0 spiro atoms. The van der Waals surface area contributed by atoms with Crippen LogP contribution in [0.25, 0.3) is 0 Å². The number of piperidine rings is 1. The molecule has 2 unspecified atom stereocenters. The van der Waals surface area contributed by atoms with Crippen LogP contribution in [0, 0.1) is 6.92 Å². The fourth-order valence-electron chi connectivity index (χ4n) is 3.50. The van der Waals surface area contributed by atoms with Crippen LogP contribution in [0.2, 0.25) is 0 Å². The Labute approximate surface area is 145 Å². The average molecular weight is 324 g/mol. The third-order valence-corrected chi connectivity index (χ3v) is 4.85. The summed E-state index contributed by atoms with van der Waals surface area (Å²) in [4.78, 5) is 11.6. The molecule has 0 amide bonds. The smallest absolute Gasteiger partial charge is 0.130 e. The number of rotatable bonds is 5. The SMILES string of the molecule is CCc1cc(NC2CCN(Cc3ccccc3)C(C)C2)nc(C)n1. The minimum Gasteiger partial charge on any atom is -0.367 e. The second-order valence-corrected chi connectivity index (χ2v) is 6.82. The zero-order valence-electron chi connectivity index (χ0n) is 15.0. The van der Waals surface area contributed by atoms with Gasteiger partial charge in [0.05, 0.1) is 0 Å². The van der Waals surface area contributed by atoms with Crippen molar-refractivity contribution in [2.75, 3.05) is 11.9 Å². The van der Waals surface area contributed by atoms with E-state index in [1.807, 2.05) is 6.92 Å². The van der Waals surface area contributed by atoms with Gasteiger partial charge in [0.2, 0.25) is 0 Å². The van der Waals surface area contributed by atoms with Crippen molar-refractivity contribution in [2.24, 2.45) is 0 Å². The van der Waals surface area contributed by atoms with Crippen LogP contribution < -0.4 is 5.32 Å². The third kappa shape index (κ3) is 4.32. The molecule has 1 N–H and O–H groups in total. The second-order valence-electron chi connectivity index (χ2n) is 6.82. The van der Waals surface area contributed by atoms with E-state index in [1.165, 1.54) is 5.56 Å². The van der Waals surface area contributed by atoms with Gasteiger partial charge in [-0.2, -0.15) is 0 Å². The number of aromatic nitrogens is 2. The van der Waals surface area contributed by atoms with E-state index in [4.69, 9.17) is 0 Å². The summed E-state index contributed by atoms with van der Waals surface area (Å²) in [5.74, 6) is 1.83. The van der Waals surface area contributed by atoms with Crippen LogP contribution in [-0.2, 0) is 13.0 Å². The molecule has 0 aliphatic carbocycles. The predicted octanol–water partition coefficient (Wildman–Crippen LogP) is 3.81. The summed E-state index contributed by atoms with van der Waals surface area (Å²) in [6, 6.07) is 13.9.